The first kappa shape index (κ1) is 17.8. The molecule has 3 aromatic rings. The maximum Gasteiger partial charge on any atom is 0.226 e. The average Bonchev–Trinajstić information content (AvgIpc) is 3.50. The molecule has 0 saturated heterocycles. The fraction of sp³-hybridized carbons (Fsp3) is 0.375. The van der Waals surface area contributed by atoms with Gasteiger partial charge in [-0.05, 0) is 55.7 Å². The summed E-state index contributed by atoms with van der Waals surface area (Å²) in [5.74, 6) is 0.583. The number of para-hydroxylation sites is 1. The predicted molar refractivity (Wildman–Crippen MR) is 110 cm³/mol. The molecule has 1 aliphatic rings. The molecule has 1 heterocycles. The fourth-order valence-corrected chi connectivity index (χ4v) is 3.86. The molecular weight excluding hydrogens is 332 g/mol. The van der Waals surface area contributed by atoms with Crippen LogP contribution in [0.2, 0.25) is 0 Å². The highest BCUT2D eigenvalue weighted by molar-refractivity contribution is 5.83. The van der Waals surface area contributed by atoms with Crippen molar-refractivity contribution >= 4 is 16.8 Å². The van der Waals surface area contributed by atoms with Crippen molar-refractivity contribution in [2.24, 2.45) is 13.0 Å². The van der Waals surface area contributed by atoms with Crippen molar-refractivity contribution in [3.8, 4) is 0 Å². The van der Waals surface area contributed by atoms with E-state index in [2.05, 4.69) is 84.1 Å². The molecule has 0 aliphatic heterocycles. The van der Waals surface area contributed by atoms with Crippen LogP contribution in [0, 0.1) is 5.92 Å². The molecule has 1 aliphatic carbocycles. The normalized spacial score (nSPS) is 15.0. The Balaban J connectivity index is 1.53. The molecule has 1 amide bonds. The zero-order valence-electron chi connectivity index (χ0n) is 16.3. The highest BCUT2D eigenvalue weighted by Gasteiger charge is 2.35. The number of amides is 1. The number of benzene rings is 2. The molecule has 1 saturated carbocycles. The summed E-state index contributed by atoms with van der Waals surface area (Å²) in [6.07, 6.45) is 4.10. The molecular formula is C24H28N2O. The van der Waals surface area contributed by atoms with E-state index in [0.29, 0.717) is 12.5 Å². The largest absolute Gasteiger partial charge is 0.346 e. The zero-order chi connectivity index (χ0) is 18.8. The molecule has 0 bridgehead atoms. The zero-order valence-corrected chi connectivity index (χ0v) is 16.3. The lowest BCUT2D eigenvalue weighted by Crippen LogP contribution is -2.39. The Hall–Kier alpha value is -2.55. The van der Waals surface area contributed by atoms with Crippen molar-refractivity contribution in [1.82, 2.24) is 9.47 Å². The molecule has 3 nitrogen and oxygen atoms in total. The van der Waals surface area contributed by atoms with Crippen LogP contribution in [-0.2, 0) is 24.8 Å². The molecule has 0 unspecified atom stereocenters. The minimum atomic E-state index is 0.233. The van der Waals surface area contributed by atoms with Gasteiger partial charge in [-0.15, -0.1) is 0 Å². The Morgan fingerprint density at radius 2 is 1.81 bits per heavy atom. The third-order valence-electron chi connectivity index (χ3n) is 5.82. The lowest BCUT2D eigenvalue weighted by Gasteiger charge is -2.30. The van der Waals surface area contributed by atoms with Gasteiger partial charge in [0.05, 0.1) is 6.54 Å². The summed E-state index contributed by atoms with van der Waals surface area (Å²) < 4.78 is 2.23. The van der Waals surface area contributed by atoms with Gasteiger partial charge >= 0.3 is 0 Å². The summed E-state index contributed by atoms with van der Waals surface area (Å²) in [6.45, 7) is 2.89. The van der Waals surface area contributed by atoms with E-state index in [1.807, 2.05) is 0 Å². The maximum absolute atomic E-state index is 13.0. The molecule has 0 spiro atoms. The quantitative estimate of drug-likeness (QED) is 0.586. The molecule has 4 rings (SSSR count). The van der Waals surface area contributed by atoms with Gasteiger partial charge in [-0.1, -0.05) is 48.5 Å². The van der Waals surface area contributed by atoms with Crippen LogP contribution in [0.3, 0.4) is 0 Å². The molecule has 1 fully saturated rings. The van der Waals surface area contributed by atoms with Crippen molar-refractivity contribution in [2.45, 2.75) is 45.2 Å². The van der Waals surface area contributed by atoms with Crippen LogP contribution in [0.5, 0.6) is 0 Å². The molecule has 1 aromatic heterocycles. The standard InChI is InChI=1S/C24H28N2O/c1-18(12-13-19-8-4-3-5-9-19)26(24(27)20-14-15-20)17-22-16-21-10-6-7-11-23(21)25(22)2/h3-11,16,18,20H,12-15,17H2,1-2H3/t18-/m1/s1. The van der Waals surface area contributed by atoms with E-state index in [1.165, 1.54) is 22.2 Å². The van der Waals surface area contributed by atoms with E-state index in [9.17, 15) is 4.79 Å². The van der Waals surface area contributed by atoms with Gasteiger partial charge in [0.1, 0.15) is 0 Å². The number of carbonyl (C=O) groups is 1. The van der Waals surface area contributed by atoms with Crippen molar-refractivity contribution < 1.29 is 4.79 Å². The van der Waals surface area contributed by atoms with Crippen LogP contribution in [0.4, 0.5) is 0 Å². The summed E-state index contributed by atoms with van der Waals surface area (Å²) in [5, 5.41) is 1.24. The summed E-state index contributed by atoms with van der Waals surface area (Å²) >= 11 is 0. The second-order valence-electron chi connectivity index (χ2n) is 7.87. The molecule has 140 valence electrons. The number of carbonyl (C=O) groups excluding carboxylic acids is 1. The molecule has 2 aromatic carbocycles. The monoisotopic (exact) mass is 360 g/mol. The van der Waals surface area contributed by atoms with Gasteiger partial charge in [0.15, 0.2) is 0 Å². The number of aromatic nitrogens is 1. The summed E-state index contributed by atoms with van der Waals surface area (Å²) in [5.41, 5.74) is 3.77. The molecule has 0 radical (unpaired) electrons. The summed E-state index contributed by atoms with van der Waals surface area (Å²) in [7, 11) is 2.10. The van der Waals surface area contributed by atoms with E-state index >= 15 is 0 Å². The first-order valence-corrected chi connectivity index (χ1v) is 10.0. The highest BCUT2D eigenvalue weighted by Crippen LogP contribution is 2.33. The third kappa shape index (κ3) is 3.92. The molecule has 3 heteroatoms. The Morgan fingerprint density at radius 3 is 2.52 bits per heavy atom. The Kier molecular flexibility index (Phi) is 5.02. The van der Waals surface area contributed by atoms with Gasteiger partial charge in [0.2, 0.25) is 5.91 Å². The van der Waals surface area contributed by atoms with Crippen LogP contribution in [0.1, 0.15) is 37.4 Å². The minimum absolute atomic E-state index is 0.233. The number of fused-ring (bicyclic) bond motifs is 1. The topological polar surface area (TPSA) is 25.2 Å². The Labute approximate surface area is 161 Å². The summed E-state index contributed by atoms with van der Waals surface area (Å²) in [4.78, 5) is 15.1. The number of nitrogens with zero attached hydrogens (tertiary/aromatic N) is 2. The van der Waals surface area contributed by atoms with Crippen LogP contribution >= 0.6 is 0 Å². The van der Waals surface area contributed by atoms with Crippen molar-refractivity contribution in [3.63, 3.8) is 0 Å². The van der Waals surface area contributed by atoms with Crippen molar-refractivity contribution in [1.29, 1.82) is 0 Å². The van der Waals surface area contributed by atoms with Gasteiger partial charge in [-0.25, -0.2) is 0 Å². The second kappa shape index (κ2) is 7.59. The van der Waals surface area contributed by atoms with E-state index in [4.69, 9.17) is 0 Å². The Morgan fingerprint density at radius 1 is 1.11 bits per heavy atom. The second-order valence-corrected chi connectivity index (χ2v) is 7.87. The van der Waals surface area contributed by atoms with E-state index in [-0.39, 0.29) is 12.0 Å². The smallest absolute Gasteiger partial charge is 0.226 e. The van der Waals surface area contributed by atoms with Gasteiger partial charge < -0.3 is 9.47 Å². The van der Waals surface area contributed by atoms with Crippen molar-refractivity contribution in [3.05, 3.63) is 71.9 Å². The van der Waals surface area contributed by atoms with E-state index in [0.717, 1.165) is 25.7 Å². The SMILES string of the molecule is C[C@H](CCc1ccccc1)N(Cc1cc2ccccc2n1C)C(=O)C1CC1. The van der Waals surface area contributed by atoms with Crippen LogP contribution in [-0.4, -0.2) is 21.4 Å². The highest BCUT2D eigenvalue weighted by atomic mass is 16.2. The fourth-order valence-electron chi connectivity index (χ4n) is 3.86. The number of hydrogen-bond acceptors (Lipinski definition) is 1. The number of hydrogen-bond donors (Lipinski definition) is 0. The summed E-state index contributed by atoms with van der Waals surface area (Å²) in [6, 6.07) is 21.5. The van der Waals surface area contributed by atoms with Gasteiger partial charge in [0.25, 0.3) is 0 Å². The van der Waals surface area contributed by atoms with E-state index < -0.39 is 0 Å². The van der Waals surface area contributed by atoms with Crippen LogP contribution in [0.15, 0.2) is 60.7 Å². The number of aryl methyl sites for hydroxylation is 2. The maximum atomic E-state index is 13.0. The van der Waals surface area contributed by atoms with Crippen LogP contribution in [0.25, 0.3) is 10.9 Å². The van der Waals surface area contributed by atoms with Crippen LogP contribution < -0.4 is 0 Å². The van der Waals surface area contributed by atoms with Gasteiger partial charge in [-0.3, -0.25) is 4.79 Å². The van der Waals surface area contributed by atoms with Gasteiger partial charge in [-0.2, -0.15) is 0 Å². The third-order valence-corrected chi connectivity index (χ3v) is 5.82. The average molecular weight is 361 g/mol. The number of rotatable bonds is 7. The molecule has 1 atom stereocenters. The Bertz CT molecular complexity index is 924. The predicted octanol–water partition coefficient (Wildman–Crippen LogP) is 4.94. The molecule has 27 heavy (non-hydrogen) atoms. The van der Waals surface area contributed by atoms with E-state index in [1.54, 1.807) is 0 Å². The lowest BCUT2D eigenvalue weighted by atomic mass is 10.0. The van der Waals surface area contributed by atoms with Gasteiger partial charge in [0, 0.05) is 30.2 Å². The first-order valence-electron chi connectivity index (χ1n) is 10.0. The first-order chi connectivity index (χ1) is 13.1. The molecule has 0 N–H and O–H groups in total. The van der Waals surface area contributed by atoms with Crippen molar-refractivity contribution in [2.75, 3.05) is 0 Å². The lowest BCUT2D eigenvalue weighted by molar-refractivity contribution is -0.135. The minimum Gasteiger partial charge on any atom is -0.346 e.